The number of hydrogen-bond acceptors (Lipinski definition) is 5. The molecule has 3 aromatic rings. The minimum atomic E-state index is -0.0187. The number of H-pyrrole nitrogens is 1. The molecular weight excluding hydrogens is 310 g/mol. The lowest BCUT2D eigenvalue weighted by Crippen LogP contribution is -2.30. The van der Waals surface area contributed by atoms with Gasteiger partial charge in [-0.2, -0.15) is 5.10 Å². The van der Waals surface area contributed by atoms with Crippen LogP contribution in [0, 0.1) is 0 Å². The van der Waals surface area contributed by atoms with Gasteiger partial charge >= 0.3 is 0 Å². The minimum absolute atomic E-state index is 0.0187. The lowest BCUT2D eigenvalue weighted by atomic mass is 10.1. The number of hydrogen-bond donors (Lipinski definition) is 1. The summed E-state index contributed by atoms with van der Waals surface area (Å²) in [6.07, 6.45) is 3.24. The van der Waals surface area contributed by atoms with Gasteiger partial charge in [-0.1, -0.05) is 19.1 Å². The van der Waals surface area contributed by atoms with Gasteiger partial charge in [-0.05, 0) is 12.1 Å². The van der Waals surface area contributed by atoms with Gasteiger partial charge in [0, 0.05) is 42.2 Å². The van der Waals surface area contributed by atoms with Crippen LogP contribution in [0.25, 0.3) is 11.4 Å². The van der Waals surface area contributed by atoms with Crippen LogP contribution in [0.2, 0.25) is 0 Å². The maximum Gasteiger partial charge on any atom is 0.253 e. The average molecular weight is 327 g/mol. The van der Waals surface area contributed by atoms with Crippen molar-refractivity contribution in [2.75, 3.05) is 13.6 Å². The molecule has 0 aliphatic rings. The number of likely N-dealkylation sites (N-methyl/N-ethyl adjacent to an activating group) is 1. The molecule has 0 spiro atoms. The zero-order valence-corrected chi connectivity index (χ0v) is 13.7. The maximum atomic E-state index is 12.6. The standard InChI is InChI=1S/C16H17N5OS/c1-11(15-17-6-7-23-15)9-21(2)16(22)13-5-3-4-12(8-13)14-18-10-19-20-14/h3-8,10-11H,9H2,1-2H3,(H,18,19,20)/t11-/m1/s1. The summed E-state index contributed by atoms with van der Waals surface area (Å²) >= 11 is 1.61. The van der Waals surface area contributed by atoms with Gasteiger partial charge in [-0.15, -0.1) is 11.3 Å². The van der Waals surface area contributed by atoms with Gasteiger partial charge in [-0.3, -0.25) is 9.89 Å². The molecule has 2 aromatic heterocycles. The van der Waals surface area contributed by atoms with E-state index in [1.165, 1.54) is 6.33 Å². The molecule has 0 saturated heterocycles. The van der Waals surface area contributed by atoms with Crippen molar-refractivity contribution in [1.29, 1.82) is 0 Å². The van der Waals surface area contributed by atoms with Crippen LogP contribution in [0.4, 0.5) is 0 Å². The van der Waals surface area contributed by atoms with E-state index in [1.54, 1.807) is 22.4 Å². The molecule has 0 fully saturated rings. The summed E-state index contributed by atoms with van der Waals surface area (Å²) in [6, 6.07) is 7.39. The van der Waals surface area contributed by atoms with Crippen LogP contribution in [0.5, 0.6) is 0 Å². The third-order valence-electron chi connectivity index (χ3n) is 3.57. The Labute approximate surface area is 138 Å². The summed E-state index contributed by atoms with van der Waals surface area (Å²) in [5.41, 5.74) is 1.47. The van der Waals surface area contributed by atoms with Crippen LogP contribution in [-0.2, 0) is 0 Å². The summed E-state index contributed by atoms with van der Waals surface area (Å²) in [6.45, 7) is 2.70. The normalized spacial score (nSPS) is 12.1. The molecule has 1 aromatic carbocycles. The number of nitrogens with zero attached hydrogens (tertiary/aromatic N) is 4. The van der Waals surface area contributed by atoms with E-state index in [-0.39, 0.29) is 11.8 Å². The van der Waals surface area contributed by atoms with Gasteiger partial charge in [0.25, 0.3) is 5.91 Å². The summed E-state index contributed by atoms with van der Waals surface area (Å²) in [5, 5.41) is 9.64. The molecule has 7 heteroatoms. The van der Waals surface area contributed by atoms with E-state index in [0.717, 1.165) is 10.6 Å². The topological polar surface area (TPSA) is 74.8 Å². The molecule has 0 radical (unpaired) electrons. The Morgan fingerprint density at radius 2 is 2.26 bits per heavy atom. The third-order valence-corrected chi connectivity index (χ3v) is 4.57. The fourth-order valence-corrected chi connectivity index (χ4v) is 3.10. The van der Waals surface area contributed by atoms with Crippen molar-refractivity contribution < 1.29 is 4.79 Å². The second-order valence-electron chi connectivity index (χ2n) is 5.37. The molecule has 0 aliphatic heterocycles. The number of benzene rings is 1. The first-order chi connectivity index (χ1) is 11.1. The van der Waals surface area contributed by atoms with Gasteiger partial charge < -0.3 is 4.90 Å². The number of thiazole rings is 1. The molecule has 0 saturated carbocycles. The zero-order chi connectivity index (χ0) is 16.2. The minimum Gasteiger partial charge on any atom is -0.341 e. The molecule has 23 heavy (non-hydrogen) atoms. The maximum absolute atomic E-state index is 12.6. The van der Waals surface area contributed by atoms with Crippen molar-refractivity contribution in [3.8, 4) is 11.4 Å². The monoisotopic (exact) mass is 327 g/mol. The van der Waals surface area contributed by atoms with Crippen LogP contribution in [0.1, 0.15) is 28.2 Å². The Kier molecular flexibility index (Phi) is 4.47. The first kappa shape index (κ1) is 15.4. The first-order valence-corrected chi connectivity index (χ1v) is 8.14. The number of amides is 1. The molecule has 1 N–H and O–H groups in total. The van der Waals surface area contributed by atoms with Crippen molar-refractivity contribution in [2.45, 2.75) is 12.8 Å². The van der Waals surface area contributed by atoms with Crippen LogP contribution in [-0.4, -0.2) is 44.6 Å². The summed E-state index contributed by atoms with van der Waals surface area (Å²) in [7, 11) is 1.81. The van der Waals surface area contributed by atoms with Gasteiger partial charge in [0.05, 0.1) is 5.01 Å². The molecule has 118 valence electrons. The lowest BCUT2D eigenvalue weighted by molar-refractivity contribution is 0.0788. The van der Waals surface area contributed by atoms with E-state index in [1.807, 2.05) is 36.7 Å². The third kappa shape index (κ3) is 3.45. The Morgan fingerprint density at radius 1 is 1.39 bits per heavy atom. The van der Waals surface area contributed by atoms with E-state index in [0.29, 0.717) is 17.9 Å². The molecule has 0 unspecified atom stereocenters. The second kappa shape index (κ2) is 6.70. The molecule has 6 nitrogen and oxygen atoms in total. The molecule has 0 aliphatic carbocycles. The van der Waals surface area contributed by atoms with Crippen molar-refractivity contribution in [3.63, 3.8) is 0 Å². The van der Waals surface area contributed by atoms with Crippen molar-refractivity contribution in [1.82, 2.24) is 25.1 Å². The number of aromatic amines is 1. The Hall–Kier alpha value is -2.54. The fraction of sp³-hybridized carbons (Fsp3) is 0.250. The second-order valence-corrected chi connectivity index (χ2v) is 6.30. The molecule has 1 atom stereocenters. The molecule has 2 heterocycles. The number of carbonyl (C=O) groups is 1. The highest BCUT2D eigenvalue weighted by atomic mass is 32.1. The van der Waals surface area contributed by atoms with Crippen molar-refractivity contribution >= 4 is 17.2 Å². The molecule has 1 amide bonds. The Morgan fingerprint density at radius 3 is 2.96 bits per heavy atom. The Bertz CT molecular complexity index is 770. The highest BCUT2D eigenvalue weighted by Crippen LogP contribution is 2.20. The van der Waals surface area contributed by atoms with Crippen LogP contribution in [0.3, 0.4) is 0 Å². The summed E-state index contributed by atoms with van der Waals surface area (Å²) in [5.74, 6) is 0.842. The van der Waals surface area contributed by atoms with Gasteiger partial charge in [-0.25, -0.2) is 9.97 Å². The molecule has 3 rings (SSSR count). The number of carbonyl (C=O) groups excluding carboxylic acids is 1. The average Bonchev–Trinajstić information content (AvgIpc) is 3.27. The first-order valence-electron chi connectivity index (χ1n) is 7.26. The number of rotatable bonds is 5. The van der Waals surface area contributed by atoms with Crippen molar-refractivity contribution in [3.05, 3.63) is 52.7 Å². The molecule has 0 bridgehead atoms. The lowest BCUT2D eigenvalue weighted by Gasteiger charge is -2.20. The SMILES string of the molecule is C[C@H](CN(C)C(=O)c1cccc(-c2ncn[nH]2)c1)c1nccs1. The predicted molar refractivity (Wildman–Crippen MR) is 89.3 cm³/mol. The summed E-state index contributed by atoms with van der Waals surface area (Å²) in [4.78, 5) is 22.8. The van der Waals surface area contributed by atoms with Gasteiger partial charge in [0.2, 0.25) is 0 Å². The van der Waals surface area contributed by atoms with Crippen LogP contribution in [0.15, 0.2) is 42.2 Å². The van der Waals surface area contributed by atoms with Gasteiger partial charge in [0.15, 0.2) is 5.82 Å². The van der Waals surface area contributed by atoms with Crippen LogP contribution < -0.4 is 0 Å². The van der Waals surface area contributed by atoms with Crippen molar-refractivity contribution in [2.24, 2.45) is 0 Å². The number of nitrogens with one attached hydrogen (secondary N) is 1. The van der Waals surface area contributed by atoms with Crippen LogP contribution >= 0.6 is 11.3 Å². The van der Waals surface area contributed by atoms with E-state index in [9.17, 15) is 4.79 Å². The van der Waals surface area contributed by atoms with E-state index in [2.05, 4.69) is 27.1 Å². The highest BCUT2D eigenvalue weighted by Gasteiger charge is 2.17. The Balaban J connectivity index is 1.73. The summed E-state index contributed by atoms with van der Waals surface area (Å²) < 4.78 is 0. The molecular formula is C16H17N5OS. The zero-order valence-electron chi connectivity index (χ0n) is 12.9. The quantitative estimate of drug-likeness (QED) is 0.782. The number of aromatic nitrogens is 4. The highest BCUT2D eigenvalue weighted by molar-refractivity contribution is 7.09. The smallest absolute Gasteiger partial charge is 0.253 e. The van der Waals surface area contributed by atoms with E-state index < -0.39 is 0 Å². The van der Waals surface area contributed by atoms with E-state index >= 15 is 0 Å². The fourth-order valence-electron chi connectivity index (χ4n) is 2.41. The largest absolute Gasteiger partial charge is 0.341 e. The predicted octanol–water partition coefficient (Wildman–Crippen LogP) is 2.80. The van der Waals surface area contributed by atoms with E-state index in [4.69, 9.17) is 0 Å². The van der Waals surface area contributed by atoms with Gasteiger partial charge in [0.1, 0.15) is 6.33 Å².